The Morgan fingerprint density at radius 3 is 1.54 bits per heavy atom. The first-order valence-electron chi connectivity index (χ1n) is 7.74. The van der Waals surface area contributed by atoms with Gasteiger partial charge in [-0.1, -0.05) is 21.6 Å². The van der Waals surface area contributed by atoms with Gasteiger partial charge in [0.15, 0.2) is 0 Å². The first kappa shape index (κ1) is 19.9. The molecule has 4 N–H and O–H groups in total. The second-order valence-corrected chi connectivity index (χ2v) is 7.74. The van der Waals surface area contributed by atoms with Gasteiger partial charge < -0.3 is 20.6 Å². The molecule has 2 rings (SSSR count). The van der Waals surface area contributed by atoms with E-state index in [1.807, 2.05) is 0 Å². The number of amides is 2. The molecule has 2 heterocycles. The van der Waals surface area contributed by atoms with Gasteiger partial charge in [-0.3, -0.25) is 19.2 Å². The van der Waals surface area contributed by atoms with Crippen molar-refractivity contribution in [3.63, 3.8) is 0 Å². The van der Waals surface area contributed by atoms with Crippen LogP contribution in [0.1, 0.15) is 20.7 Å². The Kier molecular flexibility index (Phi) is 8.03. The van der Waals surface area contributed by atoms with Gasteiger partial charge in [0, 0.05) is 49.1 Å². The topological polar surface area (TPSA) is 124 Å². The molecule has 8 nitrogen and oxygen atoms in total. The normalized spacial score (nSPS) is 10.3. The molecule has 0 aromatic carbocycles. The van der Waals surface area contributed by atoms with Crippen molar-refractivity contribution in [2.75, 3.05) is 24.6 Å². The van der Waals surface area contributed by atoms with E-state index < -0.39 is 0 Å². The molecule has 26 heavy (non-hydrogen) atoms. The number of pyridine rings is 2. The number of aromatic nitrogens is 2. The number of hydrogen-bond acceptors (Lipinski definition) is 6. The van der Waals surface area contributed by atoms with Gasteiger partial charge in [0.2, 0.25) is 11.1 Å². The Labute approximate surface area is 157 Å². The lowest BCUT2D eigenvalue weighted by atomic mass is 10.3. The summed E-state index contributed by atoms with van der Waals surface area (Å²) in [5.41, 5.74) is 0.321. The Balaban J connectivity index is 1.52. The van der Waals surface area contributed by atoms with Crippen LogP contribution in [0.3, 0.4) is 0 Å². The van der Waals surface area contributed by atoms with Gasteiger partial charge in [-0.15, -0.1) is 0 Å². The van der Waals surface area contributed by atoms with E-state index in [1.54, 1.807) is 21.6 Å². The van der Waals surface area contributed by atoms with E-state index >= 15 is 0 Å². The minimum absolute atomic E-state index is 0.236. The molecule has 0 atom stereocenters. The van der Waals surface area contributed by atoms with Crippen molar-refractivity contribution in [3.05, 3.63) is 68.5 Å². The van der Waals surface area contributed by atoms with Gasteiger partial charge >= 0.3 is 0 Å². The van der Waals surface area contributed by atoms with Crippen LogP contribution < -0.4 is 21.8 Å². The Morgan fingerprint density at radius 2 is 1.19 bits per heavy atom. The maximum Gasteiger partial charge on any atom is 0.252 e. The largest absolute Gasteiger partial charge is 0.351 e. The third-order valence-electron chi connectivity index (χ3n) is 3.12. The number of carbonyl (C=O) groups is 2. The molecule has 0 spiro atoms. The highest BCUT2D eigenvalue weighted by Crippen LogP contribution is 2.19. The number of rotatable bonds is 9. The van der Waals surface area contributed by atoms with Crippen molar-refractivity contribution in [2.45, 2.75) is 0 Å². The molecule has 0 unspecified atom stereocenters. The summed E-state index contributed by atoms with van der Waals surface area (Å²) in [4.78, 5) is 50.4. The van der Waals surface area contributed by atoms with E-state index in [9.17, 15) is 19.2 Å². The van der Waals surface area contributed by atoms with Crippen molar-refractivity contribution >= 4 is 33.4 Å². The quantitative estimate of drug-likeness (QED) is 0.365. The molecule has 0 aliphatic heterocycles. The molecule has 0 saturated carbocycles. The number of H-pyrrole nitrogens is 2. The molecule has 138 valence electrons. The third kappa shape index (κ3) is 6.81. The standard InChI is InChI=1S/C16H18N4O4S2/c21-13-3-1-11(9-19-13)15(23)17-5-7-25-26-8-6-18-16(24)12-2-4-14(22)20-10-12/h1-4,9-10H,5-8H2,(H,17,23)(H,18,24)(H,19,21)(H,20,22). The Bertz CT molecular complexity index is 753. The van der Waals surface area contributed by atoms with Crippen LogP contribution in [0.5, 0.6) is 0 Å². The van der Waals surface area contributed by atoms with Crippen LogP contribution in [0.2, 0.25) is 0 Å². The first-order valence-corrected chi connectivity index (χ1v) is 10.2. The van der Waals surface area contributed by atoms with Crippen molar-refractivity contribution < 1.29 is 9.59 Å². The van der Waals surface area contributed by atoms with Crippen LogP contribution >= 0.6 is 21.6 Å². The SMILES string of the molecule is O=C(NCCSSCCNC(=O)c1ccc(=O)[nH]c1)c1ccc(=O)[nH]c1. The molecule has 0 bridgehead atoms. The summed E-state index contributed by atoms with van der Waals surface area (Å²) in [6.07, 6.45) is 2.76. The molecule has 2 amide bonds. The van der Waals surface area contributed by atoms with Gasteiger partial charge in [-0.05, 0) is 12.1 Å². The van der Waals surface area contributed by atoms with E-state index in [2.05, 4.69) is 20.6 Å². The molecule has 0 aliphatic rings. The second-order valence-electron chi connectivity index (χ2n) is 5.04. The van der Waals surface area contributed by atoms with E-state index in [0.29, 0.717) is 35.7 Å². The van der Waals surface area contributed by atoms with Gasteiger partial charge in [-0.2, -0.15) is 0 Å². The molecule has 0 fully saturated rings. The summed E-state index contributed by atoms with van der Waals surface area (Å²) in [5, 5.41) is 5.52. The highest BCUT2D eigenvalue weighted by Gasteiger charge is 2.05. The van der Waals surface area contributed by atoms with Crippen molar-refractivity contribution in [1.82, 2.24) is 20.6 Å². The molecular formula is C16H18N4O4S2. The van der Waals surface area contributed by atoms with Crippen LogP contribution in [0.15, 0.2) is 46.2 Å². The minimum Gasteiger partial charge on any atom is -0.351 e. The van der Waals surface area contributed by atoms with Crippen molar-refractivity contribution in [2.24, 2.45) is 0 Å². The fourth-order valence-corrected chi connectivity index (χ4v) is 3.65. The Morgan fingerprint density at radius 1 is 0.769 bits per heavy atom. The summed E-state index contributed by atoms with van der Waals surface area (Å²) in [7, 11) is 3.18. The minimum atomic E-state index is -0.249. The van der Waals surface area contributed by atoms with E-state index in [1.165, 1.54) is 36.7 Å². The lowest BCUT2D eigenvalue weighted by Crippen LogP contribution is -2.27. The average molecular weight is 394 g/mol. The van der Waals surface area contributed by atoms with Crippen molar-refractivity contribution in [1.29, 1.82) is 0 Å². The summed E-state index contributed by atoms with van der Waals surface area (Å²) >= 11 is 0. The fourth-order valence-electron chi connectivity index (χ4n) is 1.84. The molecule has 0 aliphatic carbocycles. The van der Waals surface area contributed by atoms with Crippen LogP contribution in [-0.4, -0.2) is 46.4 Å². The monoisotopic (exact) mass is 394 g/mol. The maximum absolute atomic E-state index is 11.8. The number of aromatic amines is 2. The zero-order chi connectivity index (χ0) is 18.8. The molecular weight excluding hydrogens is 376 g/mol. The van der Waals surface area contributed by atoms with Crippen LogP contribution in [-0.2, 0) is 0 Å². The highest BCUT2D eigenvalue weighted by atomic mass is 33.1. The van der Waals surface area contributed by atoms with Gasteiger partial charge in [0.1, 0.15) is 0 Å². The molecule has 0 radical (unpaired) electrons. The Hall–Kier alpha value is -2.46. The number of hydrogen-bond donors (Lipinski definition) is 4. The lowest BCUT2D eigenvalue weighted by Gasteiger charge is -2.06. The molecule has 10 heteroatoms. The average Bonchev–Trinajstić information content (AvgIpc) is 2.64. The van der Waals surface area contributed by atoms with Crippen LogP contribution in [0, 0.1) is 0 Å². The smallest absolute Gasteiger partial charge is 0.252 e. The highest BCUT2D eigenvalue weighted by molar-refractivity contribution is 8.76. The molecule has 2 aromatic rings. The fraction of sp³-hybridized carbons (Fsp3) is 0.250. The number of carbonyl (C=O) groups excluding carboxylic acids is 2. The molecule has 2 aromatic heterocycles. The number of nitrogens with one attached hydrogen (secondary N) is 4. The van der Waals surface area contributed by atoms with Crippen LogP contribution in [0.4, 0.5) is 0 Å². The summed E-state index contributed by atoms with van der Waals surface area (Å²) in [6.45, 7) is 0.999. The maximum atomic E-state index is 11.8. The summed E-state index contributed by atoms with van der Waals surface area (Å²) in [6, 6.07) is 5.56. The summed E-state index contributed by atoms with van der Waals surface area (Å²) < 4.78 is 0. The van der Waals surface area contributed by atoms with Gasteiger partial charge in [0.25, 0.3) is 11.8 Å². The van der Waals surface area contributed by atoms with E-state index in [4.69, 9.17) is 0 Å². The first-order chi connectivity index (χ1) is 12.6. The second kappa shape index (κ2) is 10.5. The predicted octanol–water partition coefficient (Wildman–Crippen LogP) is 0.604. The van der Waals surface area contributed by atoms with E-state index in [0.717, 1.165) is 0 Å². The summed E-state index contributed by atoms with van der Waals surface area (Å²) in [5.74, 6) is 0.960. The van der Waals surface area contributed by atoms with Crippen molar-refractivity contribution in [3.8, 4) is 0 Å². The van der Waals surface area contributed by atoms with Gasteiger partial charge in [-0.25, -0.2) is 0 Å². The van der Waals surface area contributed by atoms with Crippen LogP contribution in [0.25, 0.3) is 0 Å². The zero-order valence-corrected chi connectivity index (χ0v) is 15.4. The lowest BCUT2D eigenvalue weighted by molar-refractivity contribution is 0.0947. The van der Waals surface area contributed by atoms with Gasteiger partial charge in [0.05, 0.1) is 11.1 Å². The van der Waals surface area contributed by atoms with E-state index in [-0.39, 0.29) is 22.9 Å². The third-order valence-corrected chi connectivity index (χ3v) is 5.53. The zero-order valence-electron chi connectivity index (χ0n) is 13.7. The predicted molar refractivity (Wildman–Crippen MR) is 104 cm³/mol. The molecule has 0 saturated heterocycles.